The van der Waals surface area contributed by atoms with Crippen molar-refractivity contribution in [2.24, 2.45) is 4.99 Å². The fourth-order valence-corrected chi connectivity index (χ4v) is 5.53. The van der Waals surface area contributed by atoms with Crippen molar-refractivity contribution in [2.45, 2.75) is 38.0 Å². The number of pyridine rings is 2. The van der Waals surface area contributed by atoms with Crippen LogP contribution in [0, 0.1) is 0 Å². The van der Waals surface area contributed by atoms with E-state index in [1.807, 2.05) is 36.4 Å². The van der Waals surface area contributed by atoms with Gasteiger partial charge in [0.2, 0.25) is 0 Å². The zero-order valence-corrected chi connectivity index (χ0v) is 16.7. The monoisotopic (exact) mass is 389 g/mol. The molecule has 6 heteroatoms. The van der Waals surface area contributed by atoms with E-state index in [9.17, 15) is 0 Å². The largest absolute Gasteiger partial charge is 0.345 e. The summed E-state index contributed by atoms with van der Waals surface area (Å²) in [6.45, 7) is 3.11. The van der Waals surface area contributed by atoms with E-state index in [0.29, 0.717) is 6.04 Å². The Balaban J connectivity index is 1.55. The van der Waals surface area contributed by atoms with E-state index in [4.69, 9.17) is 4.99 Å². The quantitative estimate of drug-likeness (QED) is 0.652. The lowest BCUT2D eigenvalue weighted by atomic mass is 9.99. The van der Waals surface area contributed by atoms with Gasteiger partial charge in [0.05, 0.1) is 11.7 Å². The first-order chi connectivity index (χ1) is 13.8. The van der Waals surface area contributed by atoms with Crippen LogP contribution in [0.4, 0.5) is 0 Å². The van der Waals surface area contributed by atoms with Gasteiger partial charge in [-0.1, -0.05) is 24.8 Å². The van der Waals surface area contributed by atoms with Gasteiger partial charge in [-0.15, -0.1) is 0 Å². The number of hydrogen-bond donors (Lipinski definition) is 0. The Labute approximate surface area is 169 Å². The normalized spacial score (nSPS) is 23.7. The molecule has 5 heterocycles. The fraction of sp³-hybridized carbons (Fsp3) is 0.318. The van der Waals surface area contributed by atoms with Gasteiger partial charge in [-0.25, -0.2) is 0 Å². The number of aromatic nitrogens is 3. The third kappa shape index (κ3) is 3.02. The Bertz CT molecular complexity index is 969. The molecule has 1 saturated heterocycles. The maximum absolute atomic E-state index is 5.12. The van der Waals surface area contributed by atoms with Crippen molar-refractivity contribution in [3.63, 3.8) is 0 Å². The van der Waals surface area contributed by atoms with Crippen molar-refractivity contribution in [1.82, 2.24) is 19.4 Å². The predicted octanol–water partition coefficient (Wildman–Crippen LogP) is 4.31. The van der Waals surface area contributed by atoms with E-state index in [2.05, 4.69) is 69.0 Å². The minimum Gasteiger partial charge on any atom is -0.345 e. The van der Waals surface area contributed by atoms with Crippen molar-refractivity contribution < 1.29 is 0 Å². The van der Waals surface area contributed by atoms with Crippen molar-refractivity contribution >= 4 is 16.9 Å². The summed E-state index contributed by atoms with van der Waals surface area (Å²) in [6.07, 6.45) is 8.89. The first kappa shape index (κ1) is 17.5. The van der Waals surface area contributed by atoms with E-state index in [0.717, 1.165) is 24.4 Å². The average molecular weight is 390 g/mol. The molecule has 3 aromatic rings. The van der Waals surface area contributed by atoms with Crippen LogP contribution in [0.5, 0.6) is 0 Å². The Morgan fingerprint density at radius 1 is 1.07 bits per heavy atom. The highest BCUT2D eigenvalue weighted by Crippen LogP contribution is 2.48. The second-order valence-corrected chi connectivity index (χ2v) is 8.24. The number of nitrogens with zero attached hydrogens (tertiary/aromatic N) is 5. The lowest BCUT2D eigenvalue weighted by Crippen LogP contribution is -2.36. The van der Waals surface area contributed by atoms with E-state index in [1.165, 1.54) is 16.4 Å². The highest BCUT2D eigenvalue weighted by molar-refractivity contribution is 8.14. The summed E-state index contributed by atoms with van der Waals surface area (Å²) in [7, 11) is 0. The Morgan fingerprint density at radius 3 is 2.75 bits per heavy atom. The average Bonchev–Trinajstić information content (AvgIpc) is 3.44. The third-order valence-corrected chi connectivity index (χ3v) is 6.73. The summed E-state index contributed by atoms with van der Waals surface area (Å²) in [5.41, 5.74) is 3.59. The molecule has 3 aromatic heterocycles. The molecule has 0 saturated carbocycles. The molecule has 2 aliphatic heterocycles. The molecule has 3 atom stereocenters. The Morgan fingerprint density at radius 2 is 1.96 bits per heavy atom. The van der Waals surface area contributed by atoms with E-state index < -0.39 is 0 Å². The molecule has 142 valence electrons. The summed E-state index contributed by atoms with van der Waals surface area (Å²) in [5, 5.41) is 1.17. The molecule has 0 amide bonds. The number of fused-ring (bicyclic) bond motifs is 1. The molecule has 1 fully saturated rings. The molecule has 0 radical (unpaired) electrons. The van der Waals surface area contributed by atoms with Crippen LogP contribution in [0.1, 0.15) is 42.4 Å². The first-order valence-corrected chi connectivity index (χ1v) is 10.8. The Hall–Kier alpha value is -2.60. The molecule has 0 unspecified atom stereocenters. The van der Waals surface area contributed by atoms with Crippen LogP contribution in [0.2, 0.25) is 0 Å². The van der Waals surface area contributed by atoms with Crippen LogP contribution in [-0.4, -0.2) is 36.4 Å². The first-order valence-electron chi connectivity index (χ1n) is 9.79. The van der Waals surface area contributed by atoms with Gasteiger partial charge in [-0.3, -0.25) is 15.0 Å². The smallest absolute Gasteiger partial charge is 0.160 e. The zero-order valence-electron chi connectivity index (χ0n) is 15.8. The highest BCUT2D eigenvalue weighted by atomic mass is 32.2. The minimum atomic E-state index is 0.0316. The molecular formula is C22H23N5S. The molecule has 5 nitrogen and oxygen atoms in total. The van der Waals surface area contributed by atoms with Gasteiger partial charge in [0, 0.05) is 48.8 Å². The van der Waals surface area contributed by atoms with Gasteiger partial charge in [-0.2, -0.15) is 0 Å². The summed E-state index contributed by atoms with van der Waals surface area (Å²) >= 11 is 1.89. The van der Waals surface area contributed by atoms with Gasteiger partial charge < -0.3 is 9.47 Å². The van der Waals surface area contributed by atoms with Crippen LogP contribution in [0.25, 0.3) is 0 Å². The molecule has 0 aromatic carbocycles. The van der Waals surface area contributed by atoms with Crippen molar-refractivity contribution in [3.05, 3.63) is 84.2 Å². The van der Waals surface area contributed by atoms with Gasteiger partial charge in [0.15, 0.2) is 5.17 Å². The molecule has 0 N–H and O–H groups in total. The molecule has 0 bridgehead atoms. The van der Waals surface area contributed by atoms with Crippen molar-refractivity contribution in [1.29, 1.82) is 0 Å². The molecule has 0 spiro atoms. The summed E-state index contributed by atoms with van der Waals surface area (Å²) in [4.78, 5) is 16.5. The molecular weight excluding hydrogens is 366 g/mol. The molecule has 5 rings (SSSR count). The Kier molecular flexibility index (Phi) is 4.64. The highest BCUT2D eigenvalue weighted by Gasteiger charge is 2.46. The summed E-state index contributed by atoms with van der Waals surface area (Å²) < 4.78 is 2.35. The van der Waals surface area contributed by atoms with E-state index in [1.54, 1.807) is 0 Å². The summed E-state index contributed by atoms with van der Waals surface area (Å²) in [6, 6.07) is 15.4. The predicted molar refractivity (Wildman–Crippen MR) is 113 cm³/mol. The van der Waals surface area contributed by atoms with Gasteiger partial charge in [-0.05, 0) is 48.4 Å². The number of rotatable bonds is 5. The second-order valence-electron chi connectivity index (χ2n) is 7.25. The van der Waals surface area contributed by atoms with E-state index >= 15 is 0 Å². The van der Waals surface area contributed by atoms with Crippen LogP contribution in [0.15, 0.2) is 72.2 Å². The molecule has 28 heavy (non-hydrogen) atoms. The number of amidine groups is 1. The summed E-state index contributed by atoms with van der Waals surface area (Å²) in [5.74, 6) is 1.12. The van der Waals surface area contributed by atoms with Crippen molar-refractivity contribution in [3.8, 4) is 0 Å². The topological polar surface area (TPSA) is 46.3 Å². The number of aliphatic imine (C=N–C) groups is 1. The maximum Gasteiger partial charge on any atom is 0.160 e. The SMILES string of the molecule is CC[C@H]1CSC2=N[C@H](c3ccccn3)[C@@H](c3cccn3Cc3ccncc3)N21. The zero-order chi connectivity index (χ0) is 18.9. The van der Waals surface area contributed by atoms with E-state index in [-0.39, 0.29) is 12.1 Å². The number of hydrogen-bond acceptors (Lipinski definition) is 5. The van der Waals surface area contributed by atoms with Gasteiger partial charge in [0.25, 0.3) is 0 Å². The van der Waals surface area contributed by atoms with Gasteiger partial charge in [0.1, 0.15) is 6.04 Å². The lowest BCUT2D eigenvalue weighted by Gasteiger charge is -2.32. The lowest BCUT2D eigenvalue weighted by molar-refractivity contribution is 0.246. The van der Waals surface area contributed by atoms with Gasteiger partial charge >= 0.3 is 0 Å². The molecule has 2 aliphatic rings. The van der Waals surface area contributed by atoms with Crippen LogP contribution in [-0.2, 0) is 6.54 Å². The third-order valence-electron chi connectivity index (χ3n) is 5.60. The van der Waals surface area contributed by atoms with Crippen LogP contribution >= 0.6 is 11.8 Å². The van der Waals surface area contributed by atoms with Crippen LogP contribution in [0.3, 0.4) is 0 Å². The fourth-order valence-electron chi connectivity index (χ4n) is 4.20. The standard InChI is InChI=1S/C22H23N5S/c1-2-17-15-28-22-25-20(18-6-3-4-10-24-18)21(27(17)22)19-7-5-13-26(19)14-16-8-11-23-12-9-16/h3-13,17,20-21H,2,14-15H2,1H3/t17-,20+,21+/m0/s1. The molecule has 0 aliphatic carbocycles. The van der Waals surface area contributed by atoms with Crippen molar-refractivity contribution in [2.75, 3.05) is 5.75 Å². The maximum atomic E-state index is 5.12. The van der Waals surface area contributed by atoms with Crippen LogP contribution < -0.4 is 0 Å². The number of thioether (sulfide) groups is 1. The minimum absolute atomic E-state index is 0.0316. The second kappa shape index (κ2) is 7.43.